The number of hydrogen-bond donors (Lipinski definition) is 2. The van der Waals surface area contributed by atoms with Gasteiger partial charge in [-0.05, 0) is 42.5 Å². The lowest BCUT2D eigenvalue weighted by molar-refractivity contribution is 0.357. The second-order valence-corrected chi connectivity index (χ2v) is 5.81. The van der Waals surface area contributed by atoms with Gasteiger partial charge < -0.3 is 0 Å². The van der Waals surface area contributed by atoms with E-state index < -0.39 is 0 Å². The van der Waals surface area contributed by atoms with Gasteiger partial charge in [0.15, 0.2) is 0 Å². The van der Waals surface area contributed by atoms with Crippen LogP contribution < -0.4 is 11.3 Å². The molecule has 1 saturated carbocycles. The molecule has 0 heterocycles. The van der Waals surface area contributed by atoms with E-state index >= 15 is 0 Å². The molecule has 19 heavy (non-hydrogen) atoms. The number of rotatable bonds is 4. The van der Waals surface area contributed by atoms with E-state index in [0.717, 1.165) is 17.5 Å². The molecule has 1 fully saturated rings. The van der Waals surface area contributed by atoms with Gasteiger partial charge in [0, 0.05) is 6.04 Å². The van der Waals surface area contributed by atoms with Crippen molar-refractivity contribution >= 4 is 0 Å². The van der Waals surface area contributed by atoms with E-state index in [-0.39, 0.29) is 11.9 Å². The minimum Gasteiger partial charge on any atom is -0.271 e. The molecule has 1 unspecified atom stereocenters. The van der Waals surface area contributed by atoms with E-state index in [0.29, 0.717) is 5.92 Å². The first-order valence-electron chi connectivity index (χ1n) is 7.43. The topological polar surface area (TPSA) is 38.0 Å². The van der Waals surface area contributed by atoms with Crippen molar-refractivity contribution in [2.75, 3.05) is 0 Å². The van der Waals surface area contributed by atoms with E-state index in [9.17, 15) is 4.39 Å². The first kappa shape index (κ1) is 14.5. The van der Waals surface area contributed by atoms with Gasteiger partial charge in [0.25, 0.3) is 0 Å². The number of hydrogen-bond acceptors (Lipinski definition) is 2. The summed E-state index contributed by atoms with van der Waals surface area (Å²) in [7, 11) is 0. The van der Waals surface area contributed by atoms with Gasteiger partial charge in [-0.25, -0.2) is 4.39 Å². The van der Waals surface area contributed by atoms with Crippen LogP contribution >= 0.6 is 0 Å². The molecule has 0 spiro atoms. The monoisotopic (exact) mass is 264 g/mol. The highest BCUT2D eigenvalue weighted by atomic mass is 19.1. The Morgan fingerprint density at radius 1 is 1.26 bits per heavy atom. The lowest BCUT2D eigenvalue weighted by Crippen LogP contribution is -2.30. The van der Waals surface area contributed by atoms with Crippen molar-refractivity contribution < 1.29 is 4.39 Å². The quantitative estimate of drug-likeness (QED) is 0.490. The zero-order chi connectivity index (χ0) is 13.7. The Hall–Kier alpha value is -0.930. The smallest absolute Gasteiger partial charge is 0.123 e. The number of aryl methyl sites for hydroxylation is 1. The average molecular weight is 264 g/mol. The summed E-state index contributed by atoms with van der Waals surface area (Å²) in [4.78, 5) is 0. The molecule has 106 valence electrons. The minimum atomic E-state index is -0.179. The maximum Gasteiger partial charge on any atom is 0.123 e. The summed E-state index contributed by atoms with van der Waals surface area (Å²) in [6.45, 7) is 2.02. The Morgan fingerprint density at radius 3 is 2.58 bits per heavy atom. The van der Waals surface area contributed by atoms with Crippen LogP contribution in [0.5, 0.6) is 0 Å². The standard InChI is InChI=1S/C16H25FN2/c1-12-8-9-14(17)11-15(12)16(19-18)10-13-6-4-2-3-5-7-13/h8-9,11,13,16,19H,2-7,10,18H2,1H3. The van der Waals surface area contributed by atoms with Crippen LogP contribution in [0.4, 0.5) is 4.39 Å². The maximum atomic E-state index is 13.4. The summed E-state index contributed by atoms with van der Waals surface area (Å²) >= 11 is 0. The molecule has 0 bridgehead atoms. The molecular formula is C16H25FN2. The second-order valence-electron chi connectivity index (χ2n) is 5.81. The third-order valence-electron chi connectivity index (χ3n) is 4.36. The molecule has 0 aliphatic heterocycles. The fourth-order valence-corrected chi connectivity index (χ4v) is 3.20. The number of nitrogens with one attached hydrogen (secondary N) is 1. The molecule has 3 N–H and O–H groups in total. The fraction of sp³-hybridized carbons (Fsp3) is 0.625. The van der Waals surface area contributed by atoms with Crippen LogP contribution in [-0.2, 0) is 0 Å². The van der Waals surface area contributed by atoms with Crippen LogP contribution in [0.25, 0.3) is 0 Å². The number of benzene rings is 1. The number of hydrazine groups is 1. The zero-order valence-corrected chi connectivity index (χ0v) is 11.8. The van der Waals surface area contributed by atoms with Gasteiger partial charge >= 0.3 is 0 Å². The normalized spacial score (nSPS) is 19.1. The van der Waals surface area contributed by atoms with Gasteiger partial charge in [0.2, 0.25) is 0 Å². The summed E-state index contributed by atoms with van der Waals surface area (Å²) in [5.41, 5.74) is 5.00. The largest absolute Gasteiger partial charge is 0.271 e. The molecular weight excluding hydrogens is 239 g/mol. The summed E-state index contributed by atoms with van der Waals surface area (Å²) in [5, 5.41) is 0. The maximum absolute atomic E-state index is 13.4. The van der Waals surface area contributed by atoms with Crippen molar-refractivity contribution in [3.63, 3.8) is 0 Å². The lowest BCUT2D eigenvalue weighted by atomic mass is 9.88. The van der Waals surface area contributed by atoms with E-state index in [4.69, 9.17) is 5.84 Å². The molecule has 0 saturated heterocycles. The Kier molecular flexibility index (Phi) is 5.34. The molecule has 1 aliphatic rings. The predicted molar refractivity (Wildman–Crippen MR) is 77.0 cm³/mol. The Morgan fingerprint density at radius 2 is 1.95 bits per heavy atom. The Labute approximate surface area is 115 Å². The Bertz CT molecular complexity index is 398. The molecule has 3 heteroatoms. The van der Waals surface area contributed by atoms with E-state index in [2.05, 4.69) is 5.43 Å². The van der Waals surface area contributed by atoms with E-state index in [1.54, 1.807) is 6.07 Å². The van der Waals surface area contributed by atoms with E-state index in [1.165, 1.54) is 44.6 Å². The first-order chi connectivity index (χ1) is 9.20. The average Bonchev–Trinajstić information content (AvgIpc) is 2.67. The van der Waals surface area contributed by atoms with Gasteiger partial charge in [-0.2, -0.15) is 0 Å². The molecule has 2 nitrogen and oxygen atoms in total. The van der Waals surface area contributed by atoms with Crippen molar-refractivity contribution in [1.82, 2.24) is 5.43 Å². The van der Waals surface area contributed by atoms with Crippen molar-refractivity contribution in [1.29, 1.82) is 0 Å². The molecule has 0 radical (unpaired) electrons. The predicted octanol–water partition coefficient (Wildman–Crippen LogP) is 4.00. The van der Waals surface area contributed by atoms with Gasteiger partial charge in [0.1, 0.15) is 5.82 Å². The van der Waals surface area contributed by atoms with Crippen molar-refractivity contribution in [2.24, 2.45) is 11.8 Å². The molecule has 0 aromatic heterocycles. The first-order valence-corrected chi connectivity index (χ1v) is 7.43. The second kappa shape index (κ2) is 7.01. The highest BCUT2D eigenvalue weighted by molar-refractivity contribution is 5.29. The summed E-state index contributed by atoms with van der Waals surface area (Å²) in [6, 6.07) is 5.04. The Balaban J connectivity index is 2.08. The lowest BCUT2D eigenvalue weighted by Gasteiger charge is -2.23. The molecule has 2 rings (SSSR count). The summed E-state index contributed by atoms with van der Waals surface area (Å²) in [6.07, 6.45) is 8.94. The molecule has 1 aromatic carbocycles. The molecule has 1 atom stereocenters. The van der Waals surface area contributed by atoms with Crippen LogP contribution in [0, 0.1) is 18.7 Å². The van der Waals surface area contributed by atoms with Crippen molar-refractivity contribution in [2.45, 2.75) is 57.9 Å². The summed E-state index contributed by atoms with van der Waals surface area (Å²) < 4.78 is 13.4. The number of halogens is 1. The molecule has 0 amide bonds. The van der Waals surface area contributed by atoms with Gasteiger partial charge in [-0.15, -0.1) is 0 Å². The van der Waals surface area contributed by atoms with Crippen LogP contribution in [0.2, 0.25) is 0 Å². The number of nitrogens with two attached hydrogens (primary N) is 1. The SMILES string of the molecule is Cc1ccc(F)cc1C(CC1CCCCCC1)NN. The zero-order valence-electron chi connectivity index (χ0n) is 11.8. The molecule has 1 aliphatic carbocycles. The third-order valence-corrected chi connectivity index (χ3v) is 4.36. The van der Waals surface area contributed by atoms with Crippen molar-refractivity contribution in [3.05, 3.63) is 35.1 Å². The highest BCUT2D eigenvalue weighted by Crippen LogP contribution is 2.32. The highest BCUT2D eigenvalue weighted by Gasteiger charge is 2.20. The van der Waals surface area contributed by atoms with Crippen LogP contribution in [-0.4, -0.2) is 0 Å². The summed E-state index contributed by atoms with van der Waals surface area (Å²) in [5.74, 6) is 6.24. The van der Waals surface area contributed by atoms with Crippen LogP contribution in [0.3, 0.4) is 0 Å². The van der Waals surface area contributed by atoms with Crippen LogP contribution in [0.15, 0.2) is 18.2 Å². The fourth-order valence-electron chi connectivity index (χ4n) is 3.20. The van der Waals surface area contributed by atoms with Crippen LogP contribution in [0.1, 0.15) is 62.1 Å². The third kappa shape index (κ3) is 4.02. The molecule has 1 aromatic rings. The van der Waals surface area contributed by atoms with Crippen molar-refractivity contribution in [3.8, 4) is 0 Å². The van der Waals surface area contributed by atoms with Gasteiger partial charge in [-0.1, -0.05) is 44.6 Å². The van der Waals surface area contributed by atoms with E-state index in [1.807, 2.05) is 13.0 Å². The van der Waals surface area contributed by atoms with Gasteiger partial charge in [-0.3, -0.25) is 11.3 Å². The van der Waals surface area contributed by atoms with Gasteiger partial charge in [0.05, 0.1) is 0 Å². The minimum absolute atomic E-state index is 0.0683.